The molecule has 0 unspecified atom stereocenters. The molecule has 0 atom stereocenters. The minimum Gasteiger partial charge on any atom is -0.489 e. The zero-order valence-corrected chi connectivity index (χ0v) is 19.4. The number of ether oxygens (including phenoxy) is 1. The van der Waals surface area contributed by atoms with Gasteiger partial charge in [-0.1, -0.05) is 72.3 Å². The average Bonchev–Trinajstić information content (AvgIpc) is 2.83. The summed E-state index contributed by atoms with van der Waals surface area (Å²) in [5.74, 6) is 0.184. The molecule has 0 aliphatic rings. The summed E-state index contributed by atoms with van der Waals surface area (Å²) in [7, 11) is -5.82. The third-order valence-corrected chi connectivity index (χ3v) is 6.20. The molecular formula is C27H21F3O4S. The Labute approximate surface area is 201 Å². The van der Waals surface area contributed by atoms with Gasteiger partial charge in [-0.15, -0.1) is 0 Å². The smallest absolute Gasteiger partial charge is 0.489 e. The van der Waals surface area contributed by atoms with Gasteiger partial charge in [-0.2, -0.15) is 21.6 Å². The molecular weight excluding hydrogens is 477 g/mol. The number of aryl methyl sites for hydroxylation is 1. The number of halogens is 3. The molecule has 0 bridgehead atoms. The van der Waals surface area contributed by atoms with Crippen LogP contribution in [0.5, 0.6) is 11.5 Å². The van der Waals surface area contributed by atoms with Gasteiger partial charge < -0.3 is 8.92 Å². The van der Waals surface area contributed by atoms with Crippen molar-refractivity contribution in [2.75, 3.05) is 0 Å². The molecule has 0 fully saturated rings. The van der Waals surface area contributed by atoms with Crippen molar-refractivity contribution in [1.29, 1.82) is 0 Å². The molecule has 0 amide bonds. The Kier molecular flexibility index (Phi) is 6.84. The quantitative estimate of drug-likeness (QED) is 0.201. The summed E-state index contributed by atoms with van der Waals surface area (Å²) < 4.78 is 72.3. The number of rotatable bonds is 7. The third-order valence-electron chi connectivity index (χ3n) is 5.22. The maximum absolute atomic E-state index is 12.9. The van der Waals surface area contributed by atoms with Gasteiger partial charge in [-0.25, -0.2) is 0 Å². The van der Waals surface area contributed by atoms with Crippen LogP contribution < -0.4 is 8.92 Å². The molecule has 0 spiro atoms. The molecule has 4 aromatic rings. The van der Waals surface area contributed by atoms with Gasteiger partial charge in [-0.3, -0.25) is 0 Å². The van der Waals surface area contributed by atoms with Crippen molar-refractivity contribution in [2.24, 2.45) is 0 Å². The van der Waals surface area contributed by atoms with Gasteiger partial charge in [0, 0.05) is 0 Å². The number of benzene rings is 4. The van der Waals surface area contributed by atoms with Crippen LogP contribution >= 0.6 is 0 Å². The summed E-state index contributed by atoms with van der Waals surface area (Å²) in [6, 6.07) is 28.2. The minimum atomic E-state index is -5.82. The van der Waals surface area contributed by atoms with Crippen LogP contribution in [0.2, 0.25) is 0 Å². The summed E-state index contributed by atoms with van der Waals surface area (Å²) in [4.78, 5) is 0. The van der Waals surface area contributed by atoms with Crippen LogP contribution in [-0.2, 0) is 16.7 Å². The molecule has 0 aliphatic carbocycles. The Hall–Kier alpha value is -3.78. The fraction of sp³-hybridized carbons (Fsp3) is 0.111. The van der Waals surface area contributed by atoms with E-state index in [1.165, 1.54) is 12.1 Å². The second-order valence-electron chi connectivity index (χ2n) is 7.89. The van der Waals surface area contributed by atoms with E-state index in [1.807, 2.05) is 49.4 Å². The highest BCUT2D eigenvalue weighted by molar-refractivity contribution is 7.88. The Morgan fingerprint density at radius 3 is 1.77 bits per heavy atom. The van der Waals surface area contributed by atoms with E-state index in [1.54, 1.807) is 42.5 Å². The van der Waals surface area contributed by atoms with E-state index in [0.29, 0.717) is 34.6 Å². The summed E-state index contributed by atoms with van der Waals surface area (Å²) in [6.45, 7) is 2.29. The van der Waals surface area contributed by atoms with E-state index in [9.17, 15) is 21.6 Å². The maximum atomic E-state index is 12.9. The zero-order valence-electron chi connectivity index (χ0n) is 18.6. The topological polar surface area (TPSA) is 52.6 Å². The Morgan fingerprint density at radius 1 is 0.686 bits per heavy atom. The van der Waals surface area contributed by atoms with Crippen LogP contribution in [0.25, 0.3) is 22.3 Å². The van der Waals surface area contributed by atoms with Crippen LogP contribution in [0.4, 0.5) is 13.2 Å². The number of hydrogen-bond donors (Lipinski definition) is 0. The van der Waals surface area contributed by atoms with Crippen molar-refractivity contribution in [1.82, 2.24) is 0 Å². The molecule has 0 aliphatic heterocycles. The van der Waals surface area contributed by atoms with E-state index in [4.69, 9.17) is 4.74 Å². The van der Waals surface area contributed by atoms with Crippen molar-refractivity contribution >= 4 is 10.1 Å². The van der Waals surface area contributed by atoms with Gasteiger partial charge in [-0.05, 0) is 65.1 Å². The van der Waals surface area contributed by atoms with Crippen molar-refractivity contribution in [3.05, 3.63) is 108 Å². The third kappa shape index (κ3) is 6.02. The molecule has 4 nitrogen and oxygen atoms in total. The van der Waals surface area contributed by atoms with E-state index in [2.05, 4.69) is 4.18 Å². The monoisotopic (exact) mass is 498 g/mol. The van der Waals surface area contributed by atoms with E-state index < -0.39 is 21.4 Å². The molecule has 8 heteroatoms. The summed E-state index contributed by atoms with van der Waals surface area (Å²) in [5, 5.41) is 0. The normalized spacial score (nSPS) is 11.8. The molecule has 0 saturated carbocycles. The minimum absolute atomic E-state index is 0.385. The first-order chi connectivity index (χ1) is 16.6. The molecule has 35 heavy (non-hydrogen) atoms. The molecule has 0 saturated heterocycles. The average molecular weight is 499 g/mol. The molecule has 180 valence electrons. The molecule has 0 radical (unpaired) electrons. The van der Waals surface area contributed by atoms with Crippen molar-refractivity contribution in [2.45, 2.75) is 19.0 Å². The second kappa shape index (κ2) is 9.84. The summed E-state index contributed by atoms with van der Waals surface area (Å²) in [5.41, 5.74) is -1.16. The molecule has 0 aromatic heterocycles. The van der Waals surface area contributed by atoms with E-state index in [0.717, 1.165) is 11.1 Å². The lowest BCUT2D eigenvalue weighted by atomic mass is 9.98. The van der Waals surface area contributed by atoms with E-state index >= 15 is 0 Å². The molecule has 4 rings (SSSR count). The lowest BCUT2D eigenvalue weighted by molar-refractivity contribution is -0.0500. The van der Waals surface area contributed by atoms with Crippen molar-refractivity contribution in [3.63, 3.8) is 0 Å². The molecule has 0 heterocycles. The lowest BCUT2D eigenvalue weighted by Crippen LogP contribution is -2.28. The lowest BCUT2D eigenvalue weighted by Gasteiger charge is -2.14. The maximum Gasteiger partial charge on any atom is 0.534 e. The predicted molar refractivity (Wildman–Crippen MR) is 128 cm³/mol. The van der Waals surface area contributed by atoms with Crippen LogP contribution in [0.15, 0.2) is 97.1 Å². The van der Waals surface area contributed by atoms with Crippen LogP contribution in [0.1, 0.15) is 11.1 Å². The van der Waals surface area contributed by atoms with Gasteiger partial charge in [0.1, 0.15) is 18.1 Å². The first-order valence-corrected chi connectivity index (χ1v) is 12.0. The van der Waals surface area contributed by atoms with E-state index in [-0.39, 0.29) is 0 Å². The van der Waals surface area contributed by atoms with Gasteiger partial charge in [0.25, 0.3) is 0 Å². The summed E-state index contributed by atoms with van der Waals surface area (Å²) >= 11 is 0. The fourth-order valence-corrected chi connectivity index (χ4v) is 3.83. The van der Waals surface area contributed by atoms with Crippen LogP contribution in [-0.4, -0.2) is 13.9 Å². The van der Waals surface area contributed by atoms with Gasteiger partial charge in [0.2, 0.25) is 0 Å². The molecule has 0 N–H and O–H groups in total. The van der Waals surface area contributed by atoms with Crippen LogP contribution in [0, 0.1) is 6.92 Å². The Morgan fingerprint density at radius 2 is 1.23 bits per heavy atom. The van der Waals surface area contributed by atoms with Gasteiger partial charge in [0.05, 0.1) is 0 Å². The first-order valence-electron chi connectivity index (χ1n) is 10.6. The largest absolute Gasteiger partial charge is 0.534 e. The zero-order chi connectivity index (χ0) is 25.1. The SMILES string of the molecule is Cc1ccc(-c2cc(OS(=O)(=O)C(F)(F)F)cc(-c3ccc(OCc4ccccc4)cc3)c2)cc1. The first kappa shape index (κ1) is 24.3. The highest BCUT2D eigenvalue weighted by Crippen LogP contribution is 2.35. The highest BCUT2D eigenvalue weighted by atomic mass is 32.2. The predicted octanol–water partition coefficient (Wildman–Crippen LogP) is 7.14. The fourth-order valence-electron chi connectivity index (χ4n) is 3.38. The Bertz CT molecular complexity index is 1400. The second-order valence-corrected chi connectivity index (χ2v) is 9.43. The van der Waals surface area contributed by atoms with Gasteiger partial charge in [0.15, 0.2) is 0 Å². The van der Waals surface area contributed by atoms with Crippen LogP contribution in [0.3, 0.4) is 0 Å². The van der Waals surface area contributed by atoms with Crippen molar-refractivity contribution in [3.8, 4) is 33.8 Å². The standard InChI is InChI=1S/C27H21F3O4S/c1-19-7-9-21(10-8-19)23-15-24(17-26(16-23)34-35(31,32)27(28,29)30)22-11-13-25(14-12-22)33-18-20-5-3-2-4-6-20/h2-17H,18H2,1H3. The Balaban J connectivity index is 1.66. The summed E-state index contributed by atoms with van der Waals surface area (Å²) in [6.07, 6.45) is 0. The number of hydrogen-bond acceptors (Lipinski definition) is 4. The highest BCUT2D eigenvalue weighted by Gasteiger charge is 2.48. The molecule has 4 aromatic carbocycles. The van der Waals surface area contributed by atoms with Crippen molar-refractivity contribution < 1.29 is 30.5 Å². The number of alkyl halides is 3. The van der Waals surface area contributed by atoms with Gasteiger partial charge >= 0.3 is 15.6 Å².